The van der Waals surface area contributed by atoms with Crippen molar-refractivity contribution in [1.29, 1.82) is 0 Å². The maximum Gasteiger partial charge on any atom is 0.0331 e. The van der Waals surface area contributed by atoms with Gasteiger partial charge in [0.15, 0.2) is 0 Å². The van der Waals surface area contributed by atoms with Crippen LogP contribution in [0, 0.1) is 6.92 Å². The normalized spacial score (nSPS) is 10.6. The molecule has 0 aliphatic rings. The Morgan fingerprint density at radius 3 is 1.90 bits per heavy atom. The van der Waals surface area contributed by atoms with Gasteiger partial charge in [0.05, 0.1) is 0 Å². The molecule has 0 fully saturated rings. The first kappa shape index (κ1) is 20.6. The third kappa shape index (κ3) is 8.36. The molecule has 112 valence electrons. The van der Waals surface area contributed by atoms with Crippen LogP contribution in [-0.2, 0) is 0 Å². The second-order valence-corrected chi connectivity index (χ2v) is 3.79. The van der Waals surface area contributed by atoms with E-state index >= 15 is 0 Å². The van der Waals surface area contributed by atoms with Gasteiger partial charge in [0.1, 0.15) is 0 Å². The minimum absolute atomic E-state index is 1.02. The number of nitrogens with one attached hydrogen (secondary N) is 1. The Kier molecular flexibility index (Phi) is 14.0. The zero-order valence-corrected chi connectivity index (χ0v) is 14.2. The van der Waals surface area contributed by atoms with Gasteiger partial charge >= 0.3 is 0 Å². The summed E-state index contributed by atoms with van der Waals surface area (Å²) in [5, 5.41) is 3.07. The van der Waals surface area contributed by atoms with Crippen LogP contribution >= 0.6 is 0 Å². The SMILES string of the molecule is C=C/C(=C\C=C(/C)c1ccc(C)cc1)NC.CC.CC. The van der Waals surface area contributed by atoms with Crippen molar-refractivity contribution in [3.63, 3.8) is 0 Å². The highest BCUT2D eigenvalue weighted by Gasteiger charge is 1.93. The van der Waals surface area contributed by atoms with E-state index in [-0.39, 0.29) is 0 Å². The third-order valence-electron chi connectivity index (χ3n) is 2.53. The number of allylic oxidation sites excluding steroid dienone is 4. The molecule has 0 radical (unpaired) electrons. The molecule has 0 spiro atoms. The predicted molar refractivity (Wildman–Crippen MR) is 94.9 cm³/mol. The molecule has 1 N–H and O–H groups in total. The molecule has 20 heavy (non-hydrogen) atoms. The molecular weight excluding hydrogens is 242 g/mol. The van der Waals surface area contributed by atoms with E-state index in [0.29, 0.717) is 0 Å². The van der Waals surface area contributed by atoms with Crippen molar-refractivity contribution in [2.24, 2.45) is 0 Å². The Bertz CT molecular complexity index is 408. The maximum atomic E-state index is 3.73. The van der Waals surface area contributed by atoms with Gasteiger partial charge in [0.2, 0.25) is 0 Å². The van der Waals surface area contributed by atoms with Crippen LogP contribution in [0.25, 0.3) is 5.57 Å². The lowest BCUT2D eigenvalue weighted by molar-refractivity contribution is 1.03. The molecule has 0 atom stereocenters. The van der Waals surface area contributed by atoms with Gasteiger partial charge < -0.3 is 5.32 Å². The van der Waals surface area contributed by atoms with Gasteiger partial charge in [-0.05, 0) is 37.1 Å². The van der Waals surface area contributed by atoms with E-state index < -0.39 is 0 Å². The monoisotopic (exact) mass is 273 g/mol. The molecule has 1 aromatic carbocycles. The Hall–Kier alpha value is -1.76. The van der Waals surface area contributed by atoms with E-state index in [9.17, 15) is 0 Å². The zero-order chi connectivity index (χ0) is 16.0. The highest BCUT2D eigenvalue weighted by molar-refractivity contribution is 5.65. The minimum Gasteiger partial charge on any atom is -0.388 e. The largest absolute Gasteiger partial charge is 0.388 e. The lowest BCUT2D eigenvalue weighted by atomic mass is 10.1. The molecular formula is C19H31N. The number of hydrogen-bond donors (Lipinski definition) is 1. The van der Waals surface area contributed by atoms with Crippen molar-refractivity contribution in [3.05, 3.63) is 65.9 Å². The van der Waals surface area contributed by atoms with Crippen LogP contribution in [0.1, 0.15) is 45.7 Å². The highest BCUT2D eigenvalue weighted by Crippen LogP contribution is 2.14. The lowest BCUT2D eigenvalue weighted by Crippen LogP contribution is -2.01. The van der Waals surface area contributed by atoms with Crippen molar-refractivity contribution in [1.82, 2.24) is 5.32 Å². The van der Waals surface area contributed by atoms with Crippen molar-refractivity contribution in [2.75, 3.05) is 7.05 Å². The summed E-state index contributed by atoms with van der Waals surface area (Å²) in [6.45, 7) is 15.9. The van der Waals surface area contributed by atoms with E-state index in [1.807, 2.05) is 40.8 Å². The van der Waals surface area contributed by atoms with Crippen molar-refractivity contribution >= 4 is 5.57 Å². The topological polar surface area (TPSA) is 12.0 Å². The van der Waals surface area contributed by atoms with Crippen molar-refractivity contribution < 1.29 is 0 Å². The third-order valence-corrected chi connectivity index (χ3v) is 2.53. The summed E-state index contributed by atoms with van der Waals surface area (Å²) < 4.78 is 0. The van der Waals surface area contributed by atoms with Gasteiger partial charge in [-0.1, -0.05) is 70.2 Å². The summed E-state index contributed by atoms with van der Waals surface area (Å²) in [5.41, 5.74) is 4.80. The van der Waals surface area contributed by atoms with Crippen molar-refractivity contribution in [2.45, 2.75) is 41.5 Å². The number of likely N-dealkylation sites (N-methyl/N-ethyl adjacent to an activating group) is 1. The first-order valence-electron chi connectivity index (χ1n) is 7.43. The Morgan fingerprint density at radius 1 is 1.00 bits per heavy atom. The molecule has 0 aliphatic heterocycles. The number of rotatable bonds is 4. The fraction of sp³-hybridized carbons (Fsp3) is 0.368. The van der Waals surface area contributed by atoms with Crippen LogP contribution in [0.5, 0.6) is 0 Å². The Labute approximate surface area is 126 Å². The predicted octanol–water partition coefficient (Wildman–Crippen LogP) is 5.74. The quantitative estimate of drug-likeness (QED) is 0.690. The standard InChI is InChI=1S/C15H19N.2C2H6/c1-5-15(16-4)11-8-13(3)14-9-6-12(2)7-10-14;2*1-2/h5-11,16H,1H2,2-4H3;2*1-2H3/b13-8+,15-11+;;. The van der Waals surface area contributed by atoms with Crippen LogP contribution in [-0.4, -0.2) is 7.05 Å². The summed E-state index contributed by atoms with van der Waals surface area (Å²) in [7, 11) is 1.89. The van der Waals surface area contributed by atoms with Crippen LogP contribution in [0.4, 0.5) is 0 Å². The molecule has 0 saturated carbocycles. The van der Waals surface area contributed by atoms with Crippen molar-refractivity contribution in [3.8, 4) is 0 Å². The van der Waals surface area contributed by atoms with E-state index in [1.54, 1.807) is 6.08 Å². The number of hydrogen-bond acceptors (Lipinski definition) is 1. The summed E-state index contributed by atoms with van der Waals surface area (Å²) >= 11 is 0. The van der Waals surface area contributed by atoms with E-state index in [0.717, 1.165) is 5.70 Å². The van der Waals surface area contributed by atoms with Crippen LogP contribution in [0.2, 0.25) is 0 Å². The van der Waals surface area contributed by atoms with Gasteiger partial charge in [0.25, 0.3) is 0 Å². The average Bonchev–Trinajstić information content (AvgIpc) is 2.52. The van der Waals surface area contributed by atoms with Crippen LogP contribution in [0.15, 0.2) is 54.8 Å². The number of benzene rings is 1. The molecule has 1 heteroatoms. The Morgan fingerprint density at radius 2 is 1.50 bits per heavy atom. The molecule has 0 heterocycles. The van der Waals surface area contributed by atoms with Crippen LogP contribution in [0.3, 0.4) is 0 Å². The molecule has 1 aromatic rings. The summed E-state index contributed by atoms with van der Waals surface area (Å²) in [6.07, 6.45) is 5.93. The van der Waals surface area contributed by atoms with E-state index in [1.165, 1.54) is 16.7 Å². The highest BCUT2D eigenvalue weighted by atomic mass is 14.8. The summed E-state index contributed by atoms with van der Waals surface area (Å²) in [6, 6.07) is 8.54. The first-order valence-corrected chi connectivity index (χ1v) is 7.43. The van der Waals surface area contributed by atoms with Gasteiger partial charge in [-0.15, -0.1) is 0 Å². The van der Waals surface area contributed by atoms with E-state index in [2.05, 4.69) is 56.1 Å². The molecule has 0 aromatic heterocycles. The van der Waals surface area contributed by atoms with Gasteiger partial charge in [0, 0.05) is 12.7 Å². The fourth-order valence-corrected chi connectivity index (χ4v) is 1.38. The molecule has 0 bridgehead atoms. The first-order chi connectivity index (χ1) is 9.67. The smallest absolute Gasteiger partial charge is 0.0331 e. The second kappa shape index (κ2) is 13.7. The molecule has 1 nitrogen and oxygen atoms in total. The Balaban J connectivity index is 0. The summed E-state index contributed by atoms with van der Waals surface area (Å²) in [5.74, 6) is 0. The van der Waals surface area contributed by atoms with E-state index in [4.69, 9.17) is 0 Å². The van der Waals surface area contributed by atoms with Gasteiger partial charge in [-0.25, -0.2) is 0 Å². The minimum atomic E-state index is 1.02. The molecule has 0 amide bonds. The summed E-state index contributed by atoms with van der Waals surface area (Å²) in [4.78, 5) is 0. The zero-order valence-electron chi connectivity index (χ0n) is 14.2. The number of aryl methyl sites for hydroxylation is 1. The maximum absolute atomic E-state index is 3.73. The average molecular weight is 273 g/mol. The van der Waals surface area contributed by atoms with Crippen LogP contribution < -0.4 is 5.32 Å². The lowest BCUT2D eigenvalue weighted by Gasteiger charge is -2.02. The fourth-order valence-electron chi connectivity index (χ4n) is 1.38. The molecule has 0 aliphatic carbocycles. The van der Waals surface area contributed by atoms with Gasteiger partial charge in [-0.2, -0.15) is 0 Å². The molecule has 0 unspecified atom stereocenters. The van der Waals surface area contributed by atoms with Gasteiger partial charge in [-0.3, -0.25) is 0 Å². The molecule has 0 saturated heterocycles. The molecule has 1 rings (SSSR count). The second-order valence-electron chi connectivity index (χ2n) is 3.79.